The zero-order valence-corrected chi connectivity index (χ0v) is 13.8. The van der Waals surface area contributed by atoms with E-state index in [2.05, 4.69) is 47.0 Å². The molecular formula is C20H26N2O. The Hall–Kier alpha value is -2.13. The molecule has 0 aromatic heterocycles. The fourth-order valence-electron chi connectivity index (χ4n) is 2.74. The fourth-order valence-corrected chi connectivity index (χ4v) is 2.74. The van der Waals surface area contributed by atoms with Crippen molar-refractivity contribution in [2.75, 3.05) is 13.6 Å². The first-order chi connectivity index (χ1) is 11.3. The van der Waals surface area contributed by atoms with Gasteiger partial charge in [-0.15, -0.1) is 0 Å². The van der Waals surface area contributed by atoms with Gasteiger partial charge in [-0.05, 0) is 37.4 Å². The van der Waals surface area contributed by atoms with Gasteiger partial charge in [0.05, 0.1) is 12.6 Å². The Morgan fingerprint density at radius 2 is 1.61 bits per heavy atom. The Morgan fingerprint density at radius 3 is 2.26 bits per heavy atom. The van der Waals surface area contributed by atoms with Gasteiger partial charge in [0.1, 0.15) is 0 Å². The lowest BCUT2D eigenvalue weighted by Crippen LogP contribution is -2.35. The zero-order valence-electron chi connectivity index (χ0n) is 13.8. The first-order valence-electron chi connectivity index (χ1n) is 8.32. The van der Waals surface area contributed by atoms with E-state index >= 15 is 0 Å². The summed E-state index contributed by atoms with van der Waals surface area (Å²) in [6.07, 6.45) is 4.28. The molecule has 0 bridgehead atoms. The number of hydrogen-bond donors (Lipinski definition) is 2. The molecule has 1 unspecified atom stereocenters. The van der Waals surface area contributed by atoms with Gasteiger partial charge in [0, 0.05) is 0 Å². The summed E-state index contributed by atoms with van der Waals surface area (Å²) >= 11 is 0. The normalized spacial score (nSPS) is 11.9. The highest BCUT2D eigenvalue weighted by atomic mass is 16.1. The fraction of sp³-hybridized carbons (Fsp3) is 0.350. The van der Waals surface area contributed by atoms with Gasteiger partial charge < -0.3 is 10.6 Å². The van der Waals surface area contributed by atoms with Crippen molar-refractivity contribution in [3.8, 4) is 0 Å². The van der Waals surface area contributed by atoms with Crippen LogP contribution in [0, 0.1) is 0 Å². The third-order valence-electron chi connectivity index (χ3n) is 3.93. The molecule has 0 spiro atoms. The predicted octanol–water partition coefficient (Wildman–Crippen LogP) is 3.48. The SMILES string of the molecule is CNCC(=O)NC(CCCCc1ccccc1)c1ccccc1. The number of nitrogens with one attached hydrogen (secondary N) is 2. The molecule has 2 aromatic rings. The van der Waals surface area contributed by atoms with Crippen molar-refractivity contribution in [3.63, 3.8) is 0 Å². The smallest absolute Gasteiger partial charge is 0.234 e. The summed E-state index contributed by atoms with van der Waals surface area (Å²) < 4.78 is 0. The molecule has 3 nitrogen and oxygen atoms in total. The van der Waals surface area contributed by atoms with E-state index in [0.717, 1.165) is 25.7 Å². The van der Waals surface area contributed by atoms with Crippen molar-refractivity contribution in [1.82, 2.24) is 10.6 Å². The van der Waals surface area contributed by atoms with Gasteiger partial charge in [0.2, 0.25) is 5.91 Å². The molecule has 23 heavy (non-hydrogen) atoms. The van der Waals surface area contributed by atoms with Crippen LogP contribution in [-0.2, 0) is 11.2 Å². The molecular weight excluding hydrogens is 284 g/mol. The first-order valence-corrected chi connectivity index (χ1v) is 8.32. The van der Waals surface area contributed by atoms with E-state index in [0.29, 0.717) is 6.54 Å². The van der Waals surface area contributed by atoms with E-state index in [1.807, 2.05) is 24.3 Å². The highest BCUT2D eigenvalue weighted by molar-refractivity contribution is 5.78. The van der Waals surface area contributed by atoms with Crippen molar-refractivity contribution in [2.24, 2.45) is 0 Å². The highest BCUT2D eigenvalue weighted by Crippen LogP contribution is 2.20. The molecule has 2 rings (SSSR count). The lowest BCUT2D eigenvalue weighted by molar-refractivity contribution is -0.120. The second kappa shape index (κ2) is 9.80. The lowest BCUT2D eigenvalue weighted by atomic mass is 9.99. The van der Waals surface area contributed by atoms with Crippen LogP contribution in [0.15, 0.2) is 60.7 Å². The van der Waals surface area contributed by atoms with Crippen molar-refractivity contribution < 1.29 is 4.79 Å². The molecule has 1 atom stereocenters. The third-order valence-corrected chi connectivity index (χ3v) is 3.93. The van der Waals surface area contributed by atoms with Gasteiger partial charge in [-0.2, -0.15) is 0 Å². The van der Waals surface area contributed by atoms with E-state index in [4.69, 9.17) is 0 Å². The molecule has 1 amide bonds. The van der Waals surface area contributed by atoms with E-state index < -0.39 is 0 Å². The number of likely N-dealkylation sites (N-methyl/N-ethyl adjacent to an activating group) is 1. The maximum atomic E-state index is 11.9. The van der Waals surface area contributed by atoms with Crippen molar-refractivity contribution in [1.29, 1.82) is 0 Å². The van der Waals surface area contributed by atoms with Crippen LogP contribution in [-0.4, -0.2) is 19.5 Å². The topological polar surface area (TPSA) is 41.1 Å². The Morgan fingerprint density at radius 1 is 0.957 bits per heavy atom. The number of aryl methyl sites for hydroxylation is 1. The Balaban J connectivity index is 1.86. The Bertz CT molecular complexity index is 569. The molecule has 0 saturated heterocycles. The van der Waals surface area contributed by atoms with Crippen molar-refractivity contribution >= 4 is 5.91 Å². The number of carbonyl (C=O) groups excluding carboxylic acids is 1. The van der Waals surface area contributed by atoms with Gasteiger partial charge in [-0.1, -0.05) is 67.1 Å². The van der Waals surface area contributed by atoms with Crippen LogP contribution in [0.5, 0.6) is 0 Å². The third kappa shape index (κ3) is 6.25. The number of unbranched alkanes of at least 4 members (excludes halogenated alkanes) is 1. The molecule has 3 heteroatoms. The predicted molar refractivity (Wildman–Crippen MR) is 95.2 cm³/mol. The molecule has 2 aromatic carbocycles. The minimum absolute atomic E-state index is 0.0458. The summed E-state index contributed by atoms with van der Waals surface area (Å²) in [5, 5.41) is 6.03. The number of hydrogen-bond acceptors (Lipinski definition) is 2. The highest BCUT2D eigenvalue weighted by Gasteiger charge is 2.13. The van der Waals surface area contributed by atoms with Crippen LogP contribution in [0.25, 0.3) is 0 Å². The average molecular weight is 310 g/mol. The average Bonchev–Trinajstić information content (AvgIpc) is 2.59. The zero-order chi connectivity index (χ0) is 16.3. The minimum Gasteiger partial charge on any atom is -0.348 e. The van der Waals surface area contributed by atoms with Gasteiger partial charge in [0.25, 0.3) is 0 Å². The van der Waals surface area contributed by atoms with E-state index in [9.17, 15) is 4.79 Å². The van der Waals surface area contributed by atoms with Gasteiger partial charge in [0.15, 0.2) is 0 Å². The second-order valence-electron chi connectivity index (χ2n) is 5.79. The minimum atomic E-state index is 0.0458. The molecule has 0 aliphatic rings. The van der Waals surface area contributed by atoms with E-state index in [-0.39, 0.29) is 11.9 Å². The molecule has 0 aliphatic heterocycles. The summed E-state index contributed by atoms with van der Waals surface area (Å²) in [5.74, 6) is 0.0458. The van der Waals surface area contributed by atoms with Gasteiger partial charge >= 0.3 is 0 Å². The van der Waals surface area contributed by atoms with Crippen LogP contribution in [0.1, 0.15) is 36.4 Å². The van der Waals surface area contributed by atoms with Crippen LogP contribution < -0.4 is 10.6 Å². The summed E-state index contributed by atoms with van der Waals surface area (Å²) in [5.41, 5.74) is 2.56. The summed E-state index contributed by atoms with van der Waals surface area (Å²) in [6.45, 7) is 0.355. The maximum absolute atomic E-state index is 11.9. The van der Waals surface area contributed by atoms with Crippen LogP contribution in [0.2, 0.25) is 0 Å². The number of amides is 1. The van der Waals surface area contributed by atoms with Crippen molar-refractivity contribution in [3.05, 3.63) is 71.8 Å². The van der Waals surface area contributed by atoms with Crippen LogP contribution in [0.3, 0.4) is 0 Å². The number of benzene rings is 2. The molecule has 2 N–H and O–H groups in total. The largest absolute Gasteiger partial charge is 0.348 e. The van der Waals surface area contributed by atoms with Gasteiger partial charge in [-0.25, -0.2) is 0 Å². The number of carbonyl (C=O) groups is 1. The van der Waals surface area contributed by atoms with E-state index in [1.54, 1.807) is 7.05 Å². The molecule has 122 valence electrons. The lowest BCUT2D eigenvalue weighted by Gasteiger charge is -2.19. The standard InChI is InChI=1S/C20H26N2O/c1-21-16-20(23)22-19(18-13-6-3-7-14-18)15-9-8-12-17-10-4-2-5-11-17/h2-7,10-11,13-14,19,21H,8-9,12,15-16H2,1H3,(H,22,23). The summed E-state index contributed by atoms with van der Waals surface area (Å²) in [4.78, 5) is 11.9. The summed E-state index contributed by atoms with van der Waals surface area (Å²) in [7, 11) is 1.79. The van der Waals surface area contributed by atoms with E-state index in [1.165, 1.54) is 11.1 Å². The first kappa shape index (κ1) is 17.2. The molecule has 0 saturated carbocycles. The van der Waals surface area contributed by atoms with Crippen LogP contribution >= 0.6 is 0 Å². The monoisotopic (exact) mass is 310 g/mol. The van der Waals surface area contributed by atoms with Gasteiger partial charge in [-0.3, -0.25) is 4.79 Å². The molecule has 0 fully saturated rings. The van der Waals surface area contributed by atoms with Crippen LogP contribution in [0.4, 0.5) is 0 Å². The second-order valence-corrected chi connectivity index (χ2v) is 5.79. The quantitative estimate of drug-likeness (QED) is 0.696. The molecule has 0 radical (unpaired) electrons. The Kier molecular flexibility index (Phi) is 7.34. The molecule has 0 heterocycles. The Labute approximate surface area is 139 Å². The van der Waals surface area contributed by atoms with Crippen molar-refractivity contribution in [2.45, 2.75) is 31.7 Å². The molecule has 0 aliphatic carbocycles. The number of rotatable bonds is 9. The maximum Gasteiger partial charge on any atom is 0.234 e. The summed E-state index contributed by atoms with van der Waals surface area (Å²) in [6, 6.07) is 20.9.